The smallest absolute Gasteiger partial charge is 0.262 e. The number of hydrogen-bond donors (Lipinski definition) is 0. The molecule has 0 bridgehead atoms. The molecule has 0 fully saturated rings. The number of benzene rings is 3. The first-order chi connectivity index (χ1) is 14.1. The van der Waals surface area contributed by atoms with Crippen molar-refractivity contribution in [3.63, 3.8) is 0 Å². The molecule has 0 aliphatic carbocycles. The lowest BCUT2D eigenvalue weighted by Crippen LogP contribution is -2.24. The molecule has 0 saturated heterocycles. The molecule has 3 aromatic rings. The standard InChI is InChI=1S/C24H17BrClNO2/c1-29-23-11-10-16(13-21(23)25)12-18-14-22(17-6-3-2-4-7-17)27(24(18)28)20-9-5-8-19(26)15-20/h2-15H,1H3/b18-12+. The maximum atomic E-state index is 13.3. The Morgan fingerprint density at radius 2 is 1.79 bits per heavy atom. The molecule has 0 atom stereocenters. The summed E-state index contributed by atoms with van der Waals surface area (Å²) >= 11 is 9.68. The fourth-order valence-electron chi connectivity index (χ4n) is 3.26. The molecule has 0 unspecified atom stereocenters. The largest absolute Gasteiger partial charge is 0.496 e. The van der Waals surface area contributed by atoms with Crippen molar-refractivity contribution < 1.29 is 9.53 Å². The minimum Gasteiger partial charge on any atom is -0.496 e. The minimum absolute atomic E-state index is 0.0990. The van der Waals surface area contributed by atoms with E-state index in [1.807, 2.05) is 72.8 Å². The Balaban J connectivity index is 1.81. The van der Waals surface area contributed by atoms with Crippen molar-refractivity contribution in [3.05, 3.63) is 105 Å². The van der Waals surface area contributed by atoms with Crippen molar-refractivity contribution >= 4 is 50.9 Å². The highest BCUT2D eigenvalue weighted by molar-refractivity contribution is 9.10. The van der Waals surface area contributed by atoms with Crippen LogP contribution in [0.3, 0.4) is 0 Å². The fourth-order valence-corrected chi connectivity index (χ4v) is 4.00. The molecule has 1 heterocycles. The van der Waals surface area contributed by atoms with Crippen molar-refractivity contribution in [1.29, 1.82) is 0 Å². The van der Waals surface area contributed by atoms with E-state index in [0.29, 0.717) is 10.6 Å². The Hall–Kier alpha value is -2.82. The third-order valence-corrected chi connectivity index (χ3v) is 5.47. The van der Waals surface area contributed by atoms with Crippen LogP contribution >= 0.6 is 27.5 Å². The molecule has 3 nitrogen and oxygen atoms in total. The fraction of sp³-hybridized carbons (Fsp3) is 0.0417. The van der Waals surface area contributed by atoms with Gasteiger partial charge in [0.25, 0.3) is 5.91 Å². The van der Waals surface area contributed by atoms with E-state index >= 15 is 0 Å². The van der Waals surface area contributed by atoms with Crippen LogP contribution in [0.15, 0.2) is 88.9 Å². The first-order valence-electron chi connectivity index (χ1n) is 8.99. The van der Waals surface area contributed by atoms with Crippen LogP contribution in [0.1, 0.15) is 11.1 Å². The SMILES string of the molecule is COc1ccc(/C=C2\C=C(c3ccccc3)N(c3cccc(Cl)c3)C2=O)cc1Br. The summed E-state index contributed by atoms with van der Waals surface area (Å²) in [6, 6.07) is 22.9. The van der Waals surface area contributed by atoms with E-state index in [-0.39, 0.29) is 5.91 Å². The number of nitrogens with zero attached hydrogens (tertiary/aromatic N) is 1. The van der Waals surface area contributed by atoms with Gasteiger partial charge in [-0.1, -0.05) is 54.1 Å². The van der Waals surface area contributed by atoms with Crippen molar-refractivity contribution in [2.45, 2.75) is 0 Å². The number of anilines is 1. The first kappa shape index (κ1) is 19.5. The molecule has 29 heavy (non-hydrogen) atoms. The summed E-state index contributed by atoms with van der Waals surface area (Å²) in [4.78, 5) is 15.0. The van der Waals surface area contributed by atoms with Crippen LogP contribution in [0.4, 0.5) is 5.69 Å². The Bertz CT molecular complexity index is 1140. The number of rotatable bonds is 4. The molecule has 144 valence electrons. The second-order valence-electron chi connectivity index (χ2n) is 6.51. The van der Waals surface area contributed by atoms with Gasteiger partial charge in [0.05, 0.1) is 23.0 Å². The lowest BCUT2D eigenvalue weighted by atomic mass is 10.1. The number of amides is 1. The second kappa shape index (κ2) is 8.27. The molecule has 1 amide bonds. The van der Waals surface area contributed by atoms with Crippen molar-refractivity contribution in [1.82, 2.24) is 0 Å². The molecule has 0 aromatic heterocycles. The van der Waals surface area contributed by atoms with Gasteiger partial charge in [0.15, 0.2) is 0 Å². The molecule has 0 saturated carbocycles. The predicted molar refractivity (Wildman–Crippen MR) is 122 cm³/mol. The maximum absolute atomic E-state index is 13.3. The highest BCUT2D eigenvalue weighted by Crippen LogP contribution is 2.36. The Kier molecular flexibility index (Phi) is 5.56. The Morgan fingerprint density at radius 1 is 1.00 bits per heavy atom. The van der Waals surface area contributed by atoms with Gasteiger partial charge in [-0.15, -0.1) is 0 Å². The second-order valence-corrected chi connectivity index (χ2v) is 7.80. The molecular formula is C24H17BrClNO2. The van der Waals surface area contributed by atoms with Gasteiger partial charge in [0.2, 0.25) is 0 Å². The lowest BCUT2D eigenvalue weighted by molar-refractivity contribution is -0.113. The van der Waals surface area contributed by atoms with Crippen molar-refractivity contribution in [3.8, 4) is 5.75 Å². The Morgan fingerprint density at radius 3 is 2.48 bits per heavy atom. The van der Waals surface area contributed by atoms with E-state index < -0.39 is 0 Å². The van der Waals surface area contributed by atoms with E-state index in [4.69, 9.17) is 16.3 Å². The molecule has 0 N–H and O–H groups in total. The summed E-state index contributed by atoms with van der Waals surface area (Å²) in [7, 11) is 1.62. The molecule has 0 spiro atoms. The molecule has 5 heteroatoms. The summed E-state index contributed by atoms with van der Waals surface area (Å²) in [5.74, 6) is 0.643. The zero-order valence-electron chi connectivity index (χ0n) is 15.6. The van der Waals surface area contributed by atoms with E-state index in [0.717, 1.165) is 32.7 Å². The van der Waals surface area contributed by atoms with Gasteiger partial charge in [0.1, 0.15) is 5.75 Å². The van der Waals surface area contributed by atoms with Gasteiger partial charge < -0.3 is 4.74 Å². The van der Waals surface area contributed by atoms with Crippen LogP contribution < -0.4 is 9.64 Å². The molecule has 1 aliphatic heterocycles. The number of halogens is 2. The van der Waals surface area contributed by atoms with E-state index in [1.165, 1.54) is 0 Å². The topological polar surface area (TPSA) is 29.5 Å². The monoisotopic (exact) mass is 465 g/mol. The van der Waals surface area contributed by atoms with Gasteiger partial charge in [-0.2, -0.15) is 0 Å². The minimum atomic E-state index is -0.0990. The van der Waals surface area contributed by atoms with Crippen LogP contribution in [0.5, 0.6) is 5.75 Å². The summed E-state index contributed by atoms with van der Waals surface area (Å²) < 4.78 is 6.12. The molecule has 4 rings (SSSR count). The number of ether oxygens (including phenoxy) is 1. The number of methoxy groups -OCH3 is 1. The third kappa shape index (κ3) is 4.00. The van der Waals surface area contributed by atoms with Gasteiger partial charge in [-0.25, -0.2) is 0 Å². The first-order valence-corrected chi connectivity index (χ1v) is 10.2. The third-order valence-electron chi connectivity index (χ3n) is 4.62. The number of hydrogen-bond acceptors (Lipinski definition) is 2. The maximum Gasteiger partial charge on any atom is 0.262 e. The van der Waals surface area contributed by atoms with Gasteiger partial charge in [-0.3, -0.25) is 9.69 Å². The number of carbonyl (C=O) groups excluding carboxylic acids is 1. The molecular weight excluding hydrogens is 450 g/mol. The van der Waals surface area contributed by atoms with Crippen molar-refractivity contribution in [2.24, 2.45) is 0 Å². The average molecular weight is 467 g/mol. The molecule has 1 aliphatic rings. The number of carbonyl (C=O) groups is 1. The van der Waals surface area contributed by atoms with Gasteiger partial charge in [-0.05, 0) is 69.5 Å². The summed E-state index contributed by atoms with van der Waals surface area (Å²) in [5, 5.41) is 0.583. The van der Waals surface area contributed by atoms with Crippen LogP contribution in [0.25, 0.3) is 11.8 Å². The van der Waals surface area contributed by atoms with Crippen molar-refractivity contribution in [2.75, 3.05) is 12.0 Å². The van der Waals surface area contributed by atoms with Gasteiger partial charge >= 0.3 is 0 Å². The van der Waals surface area contributed by atoms with Crippen LogP contribution in [-0.2, 0) is 4.79 Å². The van der Waals surface area contributed by atoms with Crippen LogP contribution in [0, 0.1) is 0 Å². The Labute approximate surface area is 183 Å². The van der Waals surface area contributed by atoms with E-state index in [1.54, 1.807) is 24.1 Å². The highest BCUT2D eigenvalue weighted by atomic mass is 79.9. The quantitative estimate of drug-likeness (QED) is 0.406. The van der Waals surface area contributed by atoms with Crippen LogP contribution in [-0.4, -0.2) is 13.0 Å². The van der Waals surface area contributed by atoms with Crippen LogP contribution in [0.2, 0.25) is 5.02 Å². The predicted octanol–water partition coefficient (Wildman–Crippen LogP) is 6.58. The van der Waals surface area contributed by atoms with E-state index in [2.05, 4.69) is 15.9 Å². The zero-order valence-corrected chi connectivity index (χ0v) is 17.9. The zero-order chi connectivity index (χ0) is 20.4. The van der Waals surface area contributed by atoms with Gasteiger partial charge in [0, 0.05) is 10.6 Å². The normalized spacial score (nSPS) is 15.0. The summed E-state index contributed by atoms with van der Waals surface area (Å²) in [5.41, 5.74) is 4.01. The lowest BCUT2D eigenvalue weighted by Gasteiger charge is -2.21. The summed E-state index contributed by atoms with van der Waals surface area (Å²) in [6.07, 6.45) is 3.79. The summed E-state index contributed by atoms with van der Waals surface area (Å²) in [6.45, 7) is 0. The average Bonchev–Trinajstić information content (AvgIpc) is 3.05. The molecule has 3 aromatic carbocycles. The highest BCUT2D eigenvalue weighted by Gasteiger charge is 2.30. The molecule has 0 radical (unpaired) electrons. The van der Waals surface area contributed by atoms with E-state index in [9.17, 15) is 4.79 Å².